The van der Waals surface area contributed by atoms with Crippen LogP contribution in [-0.2, 0) is 22.4 Å². The van der Waals surface area contributed by atoms with Gasteiger partial charge in [-0.05, 0) is 62.8 Å². The second kappa shape index (κ2) is 6.91. The molecule has 0 radical (unpaired) electrons. The van der Waals surface area contributed by atoms with Crippen LogP contribution in [0, 0.1) is 0 Å². The summed E-state index contributed by atoms with van der Waals surface area (Å²) in [7, 11) is 0. The van der Waals surface area contributed by atoms with Gasteiger partial charge in [-0.1, -0.05) is 13.0 Å². The lowest BCUT2D eigenvalue weighted by atomic mass is 10.1. The molecule has 3 rings (SSSR count). The second-order valence-corrected chi connectivity index (χ2v) is 6.80. The predicted molar refractivity (Wildman–Crippen MR) is 89.8 cm³/mol. The maximum atomic E-state index is 12.8. The Hall–Kier alpha value is -1.55. The number of amides is 1. The molecule has 0 bridgehead atoms. The zero-order chi connectivity index (χ0) is 16.4. The molecule has 1 fully saturated rings. The first-order chi connectivity index (χ1) is 11.1. The van der Waals surface area contributed by atoms with Gasteiger partial charge in [0, 0.05) is 13.1 Å². The molecule has 126 valence electrons. The lowest BCUT2D eigenvalue weighted by molar-refractivity contribution is -0.150. The Morgan fingerprint density at radius 1 is 1.26 bits per heavy atom. The molecule has 1 aliphatic carbocycles. The lowest BCUT2D eigenvalue weighted by Crippen LogP contribution is -2.52. The molecule has 1 aromatic carbocycles. The zero-order valence-electron chi connectivity index (χ0n) is 14.4. The van der Waals surface area contributed by atoms with Gasteiger partial charge in [0.2, 0.25) is 0 Å². The number of hydrogen-bond donors (Lipinski definition) is 0. The molecule has 3 atom stereocenters. The van der Waals surface area contributed by atoms with Crippen LogP contribution in [0.5, 0.6) is 5.75 Å². The van der Waals surface area contributed by atoms with E-state index >= 15 is 0 Å². The standard InChI is InChI=1S/C19H27NO3/c1-4-18(19(21)20-11-13(2)22-14(3)12-20)23-17-9-8-15-6-5-7-16(15)10-17/h8-10,13-14,18H,4-7,11-12H2,1-3H3/t13-,14-,18+/m1/s1. The number of benzene rings is 1. The van der Waals surface area contributed by atoms with Crippen LogP contribution in [-0.4, -0.2) is 42.2 Å². The number of hydrogen-bond acceptors (Lipinski definition) is 3. The molecule has 4 heteroatoms. The second-order valence-electron chi connectivity index (χ2n) is 6.80. The van der Waals surface area contributed by atoms with Crippen LogP contribution < -0.4 is 4.74 Å². The van der Waals surface area contributed by atoms with E-state index in [0.29, 0.717) is 19.5 Å². The highest BCUT2D eigenvalue weighted by Gasteiger charge is 2.31. The van der Waals surface area contributed by atoms with Crippen molar-refractivity contribution in [3.05, 3.63) is 29.3 Å². The van der Waals surface area contributed by atoms with E-state index in [1.54, 1.807) is 0 Å². The van der Waals surface area contributed by atoms with Crippen molar-refractivity contribution in [2.75, 3.05) is 13.1 Å². The summed E-state index contributed by atoms with van der Waals surface area (Å²) in [6, 6.07) is 6.27. The number of nitrogens with zero attached hydrogens (tertiary/aromatic N) is 1. The molecule has 23 heavy (non-hydrogen) atoms. The van der Waals surface area contributed by atoms with Crippen molar-refractivity contribution in [3.63, 3.8) is 0 Å². The average Bonchev–Trinajstić information content (AvgIpc) is 2.98. The minimum absolute atomic E-state index is 0.0787. The maximum Gasteiger partial charge on any atom is 0.263 e. The van der Waals surface area contributed by atoms with Crippen LogP contribution in [0.2, 0.25) is 0 Å². The highest BCUT2D eigenvalue weighted by Crippen LogP contribution is 2.27. The number of aryl methyl sites for hydroxylation is 2. The third-order valence-corrected chi connectivity index (χ3v) is 4.73. The van der Waals surface area contributed by atoms with Crippen molar-refractivity contribution < 1.29 is 14.3 Å². The Labute approximate surface area is 138 Å². The molecule has 0 spiro atoms. The van der Waals surface area contributed by atoms with Crippen LogP contribution in [0.15, 0.2) is 18.2 Å². The molecular formula is C19H27NO3. The molecule has 0 N–H and O–H groups in total. The fraction of sp³-hybridized carbons (Fsp3) is 0.632. The first kappa shape index (κ1) is 16.3. The highest BCUT2D eigenvalue weighted by molar-refractivity contribution is 5.81. The van der Waals surface area contributed by atoms with E-state index in [9.17, 15) is 4.79 Å². The fourth-order valence-corrected chi connectivity index (χ4v) is 3.66. The van der Waals surface area contributed by atoms with Gasteiger partial charge in [-0.25, -0.2) is 0 Å². The van der Waals surface area contributed by atoms with Crippen molar-refractivity contribution in [3.8, 4) is 5.75 Å². The quantitative estimate of drug-likeness (QED) is 0.857. The van der Waals surface area contributed by atoms with Gasteiger partial charge in [0.05, 0.1) is 12.2 Å². The Morgan fingerprint density at radius 2 is 1.96 bits per heavy atom. The lowest BCUT2D eigenvalue weighted by Gasteiger charge is -2.37. The topological polar surface area (TPSA) is 38.8 Å². The van der Waals surface area contributed by atoms with E-state index in [-0.39, 0.29) is 18.1 Å². The minimum atomic E-state index is -0.410. The first-order valence-electron chi connectivity index (χ1n) is 8.79. The molecule has 0 unspecified atom stereocenters. The van der Waals surface area contributed by atoms with E-state index in [0.717, 1.165) is 18.6 Å². The number of ether oxygens (including phenoxy) is 2. The average molecular weight is 317 g/mol. The summed E-state index contributed by atoms with van der Waals surface area (Å²) in [5.74, 6) is 0.898. The van der Waals surface area contributed by atoms with Crippen LogP contribution in [0.25, 0.3) is 0 Å². The summed E-state index contributed by atoms with van der Waals surface area (Å²) in [4.78, 5) is 14.7. The van der Waals surface area contributed by atoms with Gasteiger partial charge in [0.25, 0.3) is 5.91 Å². The Morgan fingerprint density at radius 3 is 2.65 bits per heavy atom. The fourth-order valence-electron chi connectivity index (χ4n) is 3.66. The van der Waals surface area contributed by atoms with Crippen LogP contribution in [0.4, 0.5) is 0 Å². The Bertz CT molecular complexity index is 562. The first-order valence-corrected chi connectivity index (χ1v) is 8.79. The van der Waals surface area contributed by atoms with E-state index in [1.807, 2.05) is 31.7 Å². The molecule has 1 aromatic rings. The van der Waals surface area contributed by atoms with Gasteiger partial charge in [-0.2, -0.15) is 0 Å². The molecule has 1 aliphatic heterocycles. The van der Waals surface area contributed by atoms with E-state index in [1.165, 1.54) is 17.5 Å². The van der Waals surface area contributed by atoms with Gasteiger partial charge in [-0.15, -0.1) is 0 Å². The zero-order valence-corrected chi connectivity index (χ0v) is 14.4. The Balaban J connectivity index is 1.68. The number of morpholine rings is 1. The summed E-state index contributed by atoms with van der Waals surface area (Å²) in [6.07, 6.45) is 3.94. The van der Waals surface area contributed by atoms with E-state index in [2.05, 4.69) is 12.1 Å². The SMILES string of the molecule is CC[C@H](Oc1ccc2c(c1)CCC2)C(=O)N1C[C@@H](C)O[C@H](C)C1. The summed E-state index contributed by atoms with van der Waals surface area (Å²) < 4.78 is 11.8. The maximum absolute atomic E-state index is 12.8. The molecular weight excluding hydrogens is 290 g/mol. The number of carbonyl (C=O) groups excluding carboxylic acids is 1. The van der Waals surface area contributed by atoms with Crippen molar-refractivity contribution in [2.45, 2.75) is 64.8 Å². The molecule has 2 aliphatic rings. The van der Waals surface area contributed by atoms with Crippen molar-refractivity contribution >= 4 is 5.91 Å². The van der Waals surface area contributed by atoms with Crippen LogP contribution in [0.1, 0.15) is 44.7 Å². The third kappa shape index (κ3) is 3.69. The van der Waals surface area contributed by atoms with Crippen LogP contribution >= 0.6 is 0 Å². The Kier molecular flexibility index (Phi) is 4.90. The van der Waals surface area contributed by atoms with Crippen molar-refractivity contribution in [1.29, 1.82) is 0 Å². The largest absolute Gasteiger partial charge is 0.481 e. The van der Waals surface area contributed by atoms with Gasteiger partial charge >= 0.3 is 0 Å². The number of carbonyl (C=O) groups is 1. The van der Waals surface area contributed by atoms with Gasteiger partial charge < -0.3 is 14.4 Å². The third-order valence-electron chi connectivity index (χ3n) is 4.73. The summed E-state index contributed by atoms with van der Waals surface area (Å²) in [5.41, 5.74) is 2.80. The molecule has 1 amide bonds. The minimum Gasteiger partial charge on any atom is -0.481 e. The molecule has 0 saturated carbocycles. The molecule has 1 saturated heterocycles. The van der Waals surface area contributed by atoms with Crippen molar-refractivity contribution in [2.24, 2.45) is 0 Å². The number of rotatable bonds is 4. The van der Waals surface area contributed by atoms with Gasteiger partial charge in [-0.3, -0.25) is 4.79 Å². The summed E-state index contributed by atoms with van der Waals surface area (Å²) in [5, 5.41) is 0. The predicted octanol–water partition coefficient (Wildman–Crippen LogP) is 2.97. The summed E-state index contributed by atoms with van der Waals surface area (Å²) in [6.45, 7) is 7.32. The highest BCUT2D eigenvalue weighted by atomic mass is 16.5. The number of fused-ring (bicyclic) bond motifs is 1. The van der Waals surface area contributed by atoms with Crippen molar-refractivity contribution in [1.82, 2.24) is 4.90 Å². The molecule has 0 aromatic heterocycles. The molecule has 4 nitrogen and oxygen atoms in total. The normalized spacial score (nSPS) is 25.1. The van der Waals surface area contributed by atoms with E-state index < -0.39 is 6.10 Å². The molecule has 1 heterocycles. The monoisotopic (exact) mass is 317 g/mol. The smallest absolute Gasteiger partial charge is 0.263 e. The van der Waals surface area contributed by atoms with Gasteiger partial charge in [0.1, 0.15) is 5.75 Å². The van der Waals surface area contributed by atoms with Crippen LogP contribution in [0.3, 0.4) is 0 Å². The summed E-state index contributed by atoms with van der Waals surface area (Å²) >= 11 is 0. The van der Waals surface area contributed by atoms with Gasteiger partial charge in [0.15, 0.2) is 6.10 Å². The van der Waals surface area contributed by atoms with E-state index in [4.69, 9.17) is 9.47 Å².